The first-order chi connectivity index (χ1) is 14.5. The summed E-state index contributed by atoms with van der Waals surface area (Å²) in [6, 6.07) is 7.61. The quantitative estimate of drug-likeness (QED) is 0.494. The Morgan fingerprint density at radius 1 is 1.20 bits per heavy atom. The number of methoxy groups -OCH3 is 2. The number of para-hydroxylation sites is 1. The van der Waals surface area contributed by atoms with E-state index in [2.05, 4.69) is 20.4 Å². The van der Waals surface area contributed by atoms with E-state index in [4.69, 9.17) is 9.47 Å². The predicted octanol–water partition coefficient (Wildman–Crippen LogP) is 4.41. The van der Waals surface area contributed by atoms with Crippen molar-refractivity contribution in [2.45, 2.75) is 19.9 Å². The number of carbonyl (C=O) groups excluding carboxylic acids is 1. The molecule has 9 heteroatoms. The van der Waals surface area contributed by atoms with E-state index in [0.29, 0.717) is 27.9 Å². The van der Waals surface area contributed by atoms with Crippen molar-refractivity contribution >= 4 is 34.0 Å². The molecule has 3 aromatic heterocycles. The molecule has 3 heterocycles. The molecule has 0 radical (unpaired) electrons. The topological polar surface area (TPSA) is 91.2 Å². The number of nitrogens with zero attached hydrogens (tertiary/aromatic N) is 4. The number of amides is 1. The number of nitrogens with one attached hydrogen (secondary N) is 1. The van der Waals surface area contributed by atoms with Gasteiger partial charge in [0, 0.05) is 16.8 Å². The fraction of sp³-hybridized carbons (Fsp3) is 0.238. The van der Waals surface area contributed by atoms with E-state index >= 15 is 0 Å². The maximum atomic E-state index is 12.7. The van der Waals surface area contributed by atoms with Crippen LogP contribution in [0.3, 0.4) is 0 Å². The van der Waals surface area contributed by atoms with Crippen LogP contribution in [0.1, 0.15) is 30.4 Å². The minimum Gasteiger partial charge on any atom is -0.493 e. The molecule has 0 saturated carbocycles. The maximum Gasteiger partial charge on any atom is 0.275 e. The number of benzene rings is 1. The highest BCUT2D eigenvalue weighted by Gasteiger charge is 2.18. The molecule has 154 valence electrons. The van der Waals surface area contributed by atoms with Gasteiger partial charge in [0.15, 0.2) is 17.1 Å². The van der Waals surface area contributed by atoms with Crippen LogP contribution in [-0.4, -0.2) is 39.9 Å². The number of thiazole rings is 1. The zero-order valence-corrected chi connectivity index (χ0v) is 17.9. The molecule has 4 aromatic rings. The first-order valence-corrected chi connectivity index (χ1v) is 10.2. The molecule has 0 saturated heterocycles. The minimum atomic E-state index is -0.309. The van der Waals surface area contributed by atoms with E-state index in [1.165, 1.54) is 11.3 Å². The van der Waals surface area contributed by atoms with Crippen molar-refractivity contribution in [3.05, 3.63) is 47.7 Å². The average Bonchev–Trinajstić information content (AvgIpc) is 3.40. The second kappa shape index (κ2) is 8.11. The zero-order chi connectivity index (χ0) is 21.3. The Kier molecular flexibility index (Phi) is 5.37. The summed E-state index contributed by atoms with van der Waals surface area (Å²) in [4.78, 5) is 21.6. The van der Waals surface area contributed by atoms with Crippen molar-refractivity contribution in [1.82, 2.24) is 19.7 Å². The number of rotatable bonds is 6. The van der Waals surface area contributed by atoms with Crippen molar-refractivity contribution in [3.8, 4) is 22.1 Å². The molecule has 1 amide bonds. The molecular weight excluding hydrogens is 402 g/mol. The predicted molar refractivity (Wildman–Crippen MR) is 117 cm³/mol. The van der Waals surface area contributed by atoms with Crippen LogP contribution >= 0.6 is 11.3 Å². The first kappa shape index (κ1) is 19.8. The monoisotopic (exact) mass is 423 g/mol. The van der Waals surface area contributed by atoms with Gasteiger partial charge >= 0.3 is 0 Å². The van der Waals surface area contributed by atoms with Gasteiger partial charge in [0.05, 0.1) is 37.9 Å². The number of anilines is 1. The molecule has 0 unspecified atom stereocenters. The van der Waals surface area contributed by atoms with Crippen LogP contribution in [0, 0.1) is 0 Å². The molecule has 0 aliphatic heterocycles. The largest absolute Gasteiger partial charge is 0.493 e. The molecule has 1 N–H and O–H groups in total. The molecule has 0 aliphatic carbocycles. The Morgan fingerprint density at radius 3 is 2.77 bits per heavy atom. The summed E-state index contributed by atoms with van der Waals surface area (Å²) in [6.45, 7) is 4.09. The number of pyridine rings is 1. The third kappa shape index (κ3) is 3.59. The second-order valence-electron chi connectivity index (χ2n) is 6.85. The van der Waals surface area contributed by atoms with Gasteiger partial charge < -0.3 is 14.8 Å². The van der Waals surface area contributed by atoms with E-state index in [-0.39, 0.29) is 11.9 Å². The highest BCUT2D eigenvalue weighted by molar-refractivity contribution is 7.13. The van der Waals surface area contributed by atoms with Crippen molar-refractivity contribution in [3.63, 3.8) is 0 Å². The molecule has 1 aromatic carbocycles. The number of hydrogen-bond donors (Lipinski definition) is 1. The van der Waals surface area contributed by atoms with Crippen molar-refractivity contribution in [2.24, 2.45) is 0 Å². The Bertz CT molecular complexity index is 1210. The molecule has 0 fully saturated rings. The van der Waals surface area contributed by atoms with Crippen LogP contribution in [-0.2, 0) is 0 Å². The highest BCUT2D eigenvalue weighted by atomic mass is 32.1. The molecule has 4 rings (SSSR count). The fourth-order valence-corrected chi connectivity index (χ4v) is 3.96. The summed E-state index contributed by atoms with van der Waals surface area (Å²) in [7, 11) is 3.16. The second-order valence-corrected chi connectivity index (χ2v) is 7.71. The van der Waals surface area contributed by atoms with Gasteiger partial charge in [-0.2, -0.15) is 5.10 Å². The third-order valence-corrected chi connectivity index (χ3v) is 5.43. The Hall–Kier alpha value is -3.46. The summed E-state index contributed by atoms with van der Waals surface area (Å²) < 4.78 is 12.7. The summed E-state index contributed by atoms with van der Waals surface area (Å²) >= 11 is 1.36. The van der Waals surface area contributed by atoms with Crippen LogP contribution in [0.15, 0.2) is 42.0 Å². The van der Waals surface area contributed by atoms with Gasteiger partial charge in [-0.15, -0.1) is 11.3 Å². The normalized spacial score (nSPS) is 11.1. The van der Waals surface area contributed by atoms with Crippen molar-refractivity contribution in [1.29, 1.82) is 0 Å². The number of hydrogen-bond acceptors (Lipinski definition) is 7. The number of carbonyl (C=O) groups is 1. The molecule has 0 atom stereocenters. The SMILES string of the molecule is COc1cccc(-c2nc(C(=O)Nc3cnc4c(cnn4C(C)C)c3)cs2)c1OC. The van der Waals surface area contributed by atoms with Gasteiger partial charge in [0.1, 0.15) is 10.7 Å². The molecule has 0 bridgehead atoms. The zero-order valence-electron chi connectivity index (χ0n) is 17.0. The molecule has 0 spiro atoms. The third-order valence-electron chi connectivity index (χ3n) is 4.55. The number of fused-ring (bicyclic) bond motifs is 1. The van der Waals surface area contributed by atoms with E-state index < -0.39 is 0 Å². The lowest BCUT2D eigenvalue weighted by Crippen LogP contribution is -2.12. The Labute approximate surface area is 177 Å². The van der Waals surface area contributed by atoms with Gasteiger partial charge in [-0.3, -0.25) is 4.79 Å². The van der Waals surface area contributed by atoms with E-state index in [9.17, 15) is 4.79 Å². The van der Waals surface area contributed by atoms with Crippen LogP contribution in [0.25, 0.3) is 21.6 Å². The highest BCUT2D eigenvalue weighted by Crippen LogP contribution is 2.39. The van der Waals surface area contributed by atoms with Gasteiger partial charge in [0.2, 0.25) is 0 Å². The standard InChI is InChI=1S/C21H21N5O3S/c1-12(2)26-19-13(9-23-26)8-14(10-22-19)24-20(27)16-11-30-21(25-16)15-6-5-7-17(28-3)18(15)29-4/h5-12H,1-4H3,(H,24,27). The van der Waals surface area contributed by atoms with Gasteiger partial charge in [-0.1, -0.05) is 6.07 Å². The molecule has 30 heavy (non-hydrogen) atoms. The number of ether oxygens (including phenoxy) is 2. The lowest BCUT2D eigenvalue weighted by atomic mass is 10.2. The first-order valence-electron chi connectivity index (χ1n) is 9.33. The minimum absolute atomic E-state index is 0.206. The van der Waals surface area contributed by atoms with Gasteiger partial charge in [-0.25, -0.2) is 14.6 Å². The lowest BCUT2D eigenvalue weighted by Gasteiger charge is -2.10. The summed E-state index contributed by atoms with van der Waals surface area (Å²) in [6.07, 6.45) is 3.37. The number of aromatic nitrogens is 4. The van der Waals surface area contributed by atoms with E-state index in [1.807, 2.05) is 42.8 Å². The van der Waals surface area contributed by atoms with E-state index in [0.717, 1.165) is 16.6 Å². The Balaban J connectivity index is 1.57. The molecule has 0 aliphatic rings. The fourth-order valence-electron chi connectivity index (χ4n) is 3.14. The van der Waals surface area contributed by atoms with Crippen LogP contribution in [0.4, 0.5) is 5.69 Å². The smallest absolute Gasteiger partial charge is 0.275 e. The van der Waals surface area contributed by atoms with Crippen LogP contribution in [0.5, 0.6) is 11.5 Å². The molecule has 8 nitrogen and oxygen atoms in total. The van der Waals surface area contributed by atoms with Crippen molar-refractivity contribution in [2.75, 3.05) is 19.5 Å². The average molecular weight is 423 g/mol. The summed E-state index contributed by atoms with van der Waals surface area (Å²) in [5.41, 5.74) is 2.45. The lowest BCUT2D eigenvalue weighted by molar-refractivity contribution is 0.102. The molecular formula is C21H21N5O3S. The van der Waals surface area contributed by atoms with Crippen molar-refractivity contribution < 1.29 is 14.3 Å². The van der Waals surface area contributed by atoms with Gasteiger partial charge in [0.25, 0.3) is 5.91 Å². The maximum absolute atomic E-state index is 12.7. The van der Waals surface area contributed by atoms with Gasteiger partial charge in [-0.05, 0) is 32.0 Å². The van der Waals surface area contributed by atoms with Crippen LogP contribution in [0.2, 0.25) is 0 Å². The summed E-state index contributed by atoms with van der Waals surface area (Å²) in [5.74, 6) is 0.882. The van der Waals surface area contributed by atoms with Crippen LogP contribution < -0.4 is 14.8 Å². The summed E-state index contributed by atoms with van der Waals surface area (Å²) in [5, 5.41) is 10.5. The Morgan fingerprint density at radius 2 is 2.03 bits per heavy atom. The van der Waals surface area contributed by atoms with E-state index in [1.54, 1.807) is 32.0 Å².